The summed E-state index contributed by atoms with van der Waals surface area (Å²) in [4.78, 5) is 27.3. The van der Waals surface area contributed by atoms with Crippen LogP contribution in [0.4, 0.5) is 5.82 Å². The Morgan fingerprint density at radius 3 is 2.59 bits per heavy atom. The van der Waals surface area contributed by atoms with Crippen molar-refractivity contribution in [3.05, 3.63) is 82.8 Å². The zero-order valence-corrected chi connectivity index (χ0v) is 19.6. The van der Waals surface area contributed by atoms with E-state index in [0.717, 1.165) is 59.3 Å². The molecule has 176 valence electrons. The summed E-state index contributed by atoms with van der Waals surface area (Å²) < 4.78 is 11.0. The molecule has 2 aliphatic rings. The lowest BCUT2D eigenvalue weighted by molar-refractivity contribution is -0.131. The molecule has 7 nitrogen and oxygen atoms in total. The fourth-order valence-electron chi connectivity index (χ4n) is 4.62. The highest BCUT2D eigenvalue weighted by atomic mass is 16.5. The van der Waals surface area contributed by atoms with Crippen molar-refractivity contribution in [3.63, 3.8) is 0 Å². The van der Waals surface area contributed by atoms with E-state index in [9.17, 15) is 4.79 Å². The van der Waals surface area contributed by atoms with Crippen LogP contribution >= 0.6 is 0 Å². The van der Waals surface area contributed by atoms with Gasteiger partial charge >= 0.3 is 0 Å². The van der Waals surface area contributed by atoms with Gasteiger partial charge in [-0.1, -0.05) is 42.5 Å². The second-order valence-electron chi connectivity index (χ2n) is 8.74. The van der Waals surface area contributed by atoms with Crippen LogP contribution < -0.4 is 9.64 Å². The third-order valence-corrected chi connectivity index (χ3v) is 6.44. The van der Waals surface area contributed by atoms with Crippen LogP contribution in [0, 0.1) is 0 Å². The van der Waals surface area contributed by atoms with Crippen LogP contribution in [0.5, 0.6) is 5.75 Å². The van der Waals surface area contributed by atoms with Crippen LogP contribution in [0.2, 0.25) is 0 Å². The van der Waals surface area contributed by atoms with Crippen molar-refractivity contribution in [2.24, 2.45) is 0 Å². The number of hydrogen-bond donors (Lipinski definition) is 0. The Morgan fingerprint density at radius 1 is 1.00 bits per heavy atom. The van der Waals surface area contributed by atoms with Crippen LogP contribution in [0.15, 0.2) is 54.6 Å². The van der Waals surface area contributed by atoms with E-state index in [0.29, 0.717) is 39.1 Å². The molecule has 1 amide bonds. The average molecular weight is 459 g/mol. The molecule has 7 heteroatoms. The Kier molecular flexibility index (Phi) is 6.72. The minimum Gasteiger partial charge on any atom is -0.497 e. The number of anilines is 1. The van der Waals surface area contributed by atoms with Gasteiger partial charge < -0.3 is 19.3 Å². The molecule has 0 N–H and O–H groups in total. The van der Waals surface area contributed by atoms with E-state index < -0.39 is 0 Å². The number of methoxy groups -OCH3 is 1. The third kappa shape index (κ3) is 5.04. The van der Waals surface area contributed by atoms with E-state index in [-0.39, 0.29) is 5.91 Å². The Morgan fingerprint density at radius 2 is 1.79 bits per heavy atom. The first-order valence-electron chi connectivity index (χ1n) is 11.9. The first-order valence-corrected chi connectivity index (χ1v) is 11.9. The van der Waals surface area contributed by atoms with Crippen LogP contribution in [-0.4, -0.2) is 60.7 Å². The van der Waals surface area contributed by atoms with E-state index in [1.54, 1.807) is 7.11 Å². The molecular weight excluding hydrogens is 428 g/mol. The number of benzene rings is 2. The summed E-state index contributed by atoms with van der Waals surface area (Å²) in [5, 5.41) is 0. The standard InChI is InChI=1S/C27H30N4O3/c1-33-22-9-5-8-21(16-22)17-25-28-24-10-11-31(26(32)18-20-6-3-2-4-7-20)19-23(24)27(29-25)30-12-14-34-15-13-30/h2-9,16H,10-15,17-19H2,1H3. The zero-order chi connectivity index (χ0) is 23.3. The Hall–Kier alpha value is -3.45. The molecular formula is C27H30N4O3. The van der Waals surface area contributed by atoms with Crippen LogP contribution in [0.3, 0.4) is 0 Å². The quantitative estimate of drug-likeness (QED) is 0.566. The number of carbonyl (C=O) groups is 1. The number of amides is 1. The van der Waals surface area contributed by atoms with Gasteiger partial charge in [-0.25, -0.2) is 9.97 Å². The van der Waals surface area contributed by atoms with Crippen molar-refractivity contribution in [2.75, 3.05) is 44.9 Å². The molecule has 5 rings (SSSR count). The number of fused-ring (bicyclic) bond motifs is 1. The largest absolute Gasteiger partial charge is 0.497 e. The molecule has 1 aromatic heterocycles. The maximum atomic E-state index is 13.1. The minimum atomic E-state index is 0.144. The van der Waals surface area contributed by atoms with Gasteiger partial charge in [-0.2, -0.15) is 0 Å². The monoisotopic (exact) mass is 458 g/mol. The molecule has 1 saturated heterocycles. The van der Waals surface area contributed by atoms with Crippen molar-refractivity contribution in [1.82, 2.24) is 14.9 Å². The predicted octanol–water partition coefficient (Wildman–Crippen LogP) is 3.04. The second kappa shape index (κ2) is 10.2. The van der Waals surface area contributed by atoms with E-state index in [4.69, 9.17) is 19.4 Å². The smallest absolute Gasteiger partial charge is 0.227 e. The summed E-state index contributed by atoms with van der Waals surface area (Å²) in [7, 11) is 1.68. The summed E-state index contributed by atoms with van der Waals surface area (Å²) in [5.74, 6) is 2.72. The van der Waals surface area contributed by atoms with E-state index in [2.05, 4.69) is 11.0 Å². The molecule has 2 aliphatic heterocycles. The van der Waals surface area contributed by atoms with Crippen LogP contribution in [0.1, 0.15) is 28.2 Å². The molecule has 0 radical (unpaired) electrons. The molecule has 0 spiro atoms. The van der Waals surface area contributed by atoms with Gasteiger partial charge in [0, 0.05) is 38.0 Å². The molecule has 0 unspecified atom stereocenters. The van der Waals surface area contributed by atoms with Crippen molar-refractivity contribution in [3.8, 4) is 5.75 Å². The van der Waals surface area contributed by atoms with E-state index in [1.807, 2.05) is 53.4 Å². The van der Waals surface area contributed by atoms with Gasteiger partial charge in [0.2, 0.25) is 5.91 Å². The number of rotatable bonds is 6. The summed E-state index contributed by atoms with van der Waals surface area (Å²) in [6.45, 7) is 4.17. The second-order valence-corrected chi connectivity index (χ2v) is 8.74. The van der Waals surface area contributed by atoms with Gasteiger partial charge in [-0.3, -0.25) is 4.79 Å². The summed E-state index contributed by atoms with van der Waals surface area (Å²) in [6, 6.07) is 18.0. The number of carbonyl (C=O) groups excluding carboxylic acids is 1. The van der Waals surface area contributed by atoms with Crippen LogP contribution in [-0.2, 0) is 35.3 Å². The maximum absolute atomic E-state index is 13.1. The lowest BCUT2D eigenvalue weighted by Crippen LogP contribution is -2.41. The fraction of sp³-hybridized carbons (Fsp3) is 0.370. The molecule has 1 fully saturated rings. The lowest BCUT2D eigenvalue weighted by Gasteiger charge is -2.34. The highest BCUT2D eigenvalue weighted by Crippen LogP contribution is 2.29. The van der Waals surface area contributed by atoms with Crippen molar-refractivity contribution in [1.29, 1.82) is 0 Å². The van der Waals surface area contributed by atoms with Crippen LogP contribution in [0.25, 0.3) is 0 Å². The molecule has 3 heterocycles. The first-order chi connectivity index (χ1) is 16.7. The lowest BCUT2D eigenvalue weighted by atomic mass is 10.0. The van der Waals surface area contributed by atoms with Gasteiger partial charge in [-0.15, -0.1) is 0 Å². The number of nitrogens with zero attached hydrogens (tertiary/aromatic N) is 4. The van der Waals surface area contributed by atoms with Gasteiger partial charge in [0.05, 0.1) is 39.0 Å². The molecule has 2 aromatic carbocycles. The van der Waals surface area contributed by atoms with E-state index in [1.165, 1.54) is 0 Å². The van der Waals surface area contributed by atoms with E-state index >= 15 is 0 Å². The predicted molar refractivity (Wildman–Crippen MR) is 130 cm³/mol. The van der Waals surface area contributed by atoms with Gasteiger partial charge in [0.25, 0.3) is 0 Å². The minimum absolute atomic E-state index is 0.144. The molecule has 0 bridgehead atoms. The number of aromatic nitrogens is 2. The van der Waals surface area contributed by atoms with Crippen molar-refractivity contribution in [2.45, 2.75) is 25.8 Å². The van der Waals surface area contributed by atoms with Gasteiger partial charge in [0.15, 0.2) is 0 Å². The number of morpholine rings is 1. The normalized spacial score (nSPS) is 15.7. The third-order valence-electron chi connectivity index (χ3n) is 6.44. The topological polar surface area (TPSA) is 67.8 Å². The Bertz CT molecular complexity index is 1150. The summed E-state index contributed by atoms with van der Waals surface area (Å²) in [5.41, 5.74) is 4.28. The highest BCUT2D eigenvalue weighted by molar-refractivity contribution is 5.79. The molecule has 0 aliphatic carbocycles. The SMILES string of the molecule is COc1cccc(Cc2nc3c(c(N4CCOCC4)n2)CN(C(=O)Cc2ccccc2)CC3)c1. The summed E-state index contributed by atoms with van der Waals surface area (Å²) in [6.07, 6.45) is 1.79. The number of hydrogen-bond acceptors (Lipinski definition) is 6. The molecule has 34 heavy (non-hydrogen) atoms. The maximum Gasteiger partial charge on any atom is 0.227 e. The van der Waals surface area contributed by atoms with Gasteiger partial charge in [0.1, 0.15) is 17.4 Å². The fourth-order valence-corrected chi connectivity index (χ4v) is 4.62. The molecule has 0 atom stereocenters. The summed E-state index contributed by atoms with van der Waals surface area (Å²) >= 11 is 0. The highest BCUT2D eigenvalue weighted by Gasteiger charge is 2.28. The van der Waals surface area contributed by atoms with Gasteiger partial charge in [-0.05, 0) is 23.3 Å². The molecule has 3 aromatic rings. The van der Waals surface area contributed by atoms with Crippen molar-refractivity contribution < 1.29 is 14.3 Å². The Balaban J connectivity index is 1.42. The molecule has 0 saturated carbocycles. The zero-order valence-electron chi connectivity index (χ0n) is 19.6. The number of ether oxygens (including phenoxy) is 2. The Labute approximate surface area is 200 Å². The van der Waals surface area contributed by atoms with Crippen molar-refractivity contribution >= 4 is 11.7 Å². The first kappa shape index (κ1) is 22.3. The average Bonchev–Trinajstić information content (AvgIpc) is 2.89.